The molecule has 0 aliphatic heterocycles. The van der Waals surface area contributed by atoms with E-state index in [-0.39, 0.29) is 0 Å². The van der Waals surface area contributed by atoms with E-state index in [0.29, 0.717) is 0 Å². The second kappa shape index (κ2) is 9.15. The molecule has 0 N–H and O–H groups in total. The molecule has 0 atom stereocenters. The molecule has 3 heteroatoms. The fourth-order valence-corrected chi connectivity index (χ4v) is 9.70. The maximum atomic E-state index is 4.43. The Bertz CT molecular complexity index is 242. The first-order valence-electron chi connectivity index (χ1n) is 6.56. The Morgan fingerprint density at radius 2 is 1.69 bits per heavy atom. The molecular formula is C13H27InN2. The average molecular weight is 326 g/mol. The first kappa shape index (κ1) is 16.1. The molecule has 0 radical (unpaired) electrons. The van der Waals surface area contributed by atoms with Crippen molar-refractivity contribution in [2.75, 3.05) is 13.1 Å². The Morgan fingerprint density at radius 3 is 2.06 bits per heavy atom. The number of hydrogen-bond donors (Lipinski definition) is 0. The molecule has 0 bridgehead atoms. The predicted octanol–water partition coefficient (Wildman–Crippen LogP) is 3.72. The molecule has 0 saturated heterocycles. The summed E-state index contributed by atoms with van der Waals surface area (Å²) in [6.07, 6.45) is 2.25. The van der Waals surface area contributed by atoms with Gasteiger partial charge in [0.05, 0.1) is 0 Å². The van der Waals surface area contributed by atoms with Crippen molar-refractivity contribution in [1.29, 1.82) is 0 Å². The van der Waals surface area contributed by atoms with E-state index in [1.54, 1.807) is 0 Å². The van der Waals surface area contributed by atoms with Crippen LogP contribution in [0.1, 0.15) is 41.5 Å². The Hall–Kier alpha value is 0.0801. The fraction of sp³-hybridized carbons (Fsp3) is 0.769. The van der Waals surface area contributed by atoms with Crippen LogP contribution in [0.3, 0.4) is 0 Å². The van der Waals surface area contributed by atoms with Crippen LogP contribution in [-0.2, 0) is 0 Å². The van der Waals surface area contributed by atoms with Crippen molar-refractivity contribution >= 4 is 27.4 Å². The quantitative estimate of drug-likeness (QED) is 0.651. The van der Waals surface area contributed by atoms with Crippen LogP contribution in [0.15, 0.2) is 16.8 Å². The summed E-state index contributed by atoms with van der Waals surface area (Å²) in [7, 11) is 0. The van der Waals surface area contributed by atoms with Gasteiger partial charge in [-0.2, -0.15) is 0 Å². The first-order valence-corrected chi connectivity index (χ1v) is 12.7. The number of hydrogen-bond acceptors (Lipinski definition) is 2. The van der Waals surface area contributed by atoms with Gasteiger partial charge in [0.25, 0.3) is 0 Å². The van der Waals surface area contributed by atoms with Gasteiger partial charge in [-0.1, -0.05) is 0 Å². The van der Waals surface area contributed by atoms with Gasteiger partial charge in [0, 0.05) is 0 Å². The van der Waals surface area contributed by atoms with Crippen molar-refractivity contribution in [3.63, 3.8) is 0 Å². The Morgan fingerprint density at radius 1 is 1.12 bits per heavy atom. The minimum atomic E-state index is -1.45. The molecular weight excluding hydrogens is 299 g/mol. The van der Waals surface area contributed by atoms with Gasteiger partial charge in [0.2, 0.25) is 0 Å². The van der Waals surface area contributed by atoms with Crippen LogP contribution in [0.2, 0.25) is 8.35 Å². The zero-order chi connectivity index (χ0) is 12.6. The van der Waals surface area contributed by atoms with Crippen molar-refractivity contribution < 1.29 is 0 Å². The van der Waals surface area contributed by atoms with Gasteiger partial charge in [-0.05, 0) is 0 Å². The average Bonchev–Trinajstić information content (AvgIpc) is 2.25. The molecule has 2 nitrogen and oxygen atoms in total. The molecule has 0 heterocycles. The van der Waals surface area contributed by atoms with E-state index in [1.165, 1.54) is 20.6 Å². The van der Waals surface area contributed by atoms with E-state index < -0.39 is 21.7 Å². The molecule has 0 unspecified atom stereocenters. The normalized spacial score (nSPS) is 12.9. The predicted molar refractivity (Wildman–Crippen MR) is 76.5 cm³/mol. The molecule has 0 aromatic rings. The van der Waals surface area contributed by atoms with Crippen LogP contribution in [0.5, 0.6) is 0 Å². The Labute approximate surface area is 110 Å². The van der Waals surface area contributed by atoms with Crippen molar-refractivity contribution in [2.24, 2.45) is 4.99 Å². The van der Waals surface area contributed by atoms with Crippen LogP contribution in [0, 0.1) is 0 Å². The van der Waals surface area contributed by atoms with Crippen molar-refractivity contribution in [1.82, 2.24) is 2.89 Å². The summed E-state index contributed by atoms with van der Waals surface area (Å²) in [4.78, 5) is 4.43. The van der Waals surface area contributed by atoms with Gasteiger partial charge in [0.1, 0.15) is 0 Å². The maximum absolute atomic E-state index is 4.43. The minimum absolute atomic E-state index is 0.885. The van der Waals surface area contributed by atoms with Gasteiger partial charge in [0.15, 0.2) is 0 Å². The number of allylic oxidation sites excluding steroid dienone is 2. The Kier molecular flexibility index (Phi) is 9.19. The number of aliphatic imine (C=N–C) groups is 1. The second-order valence-corrected chi connectivity index (χ2v) is 14.3. The molecule has 0 aromatic carbocycles. The monoisotopic (exact) mass is 326 g/mol. The van der Waals surface area contributed by atoms with Crippen molar-refractivity contribution in [3.8, 4) is 0 Å². The summed E-state index contributed by atoms with van der Waals surface area (Å²) in [5.41, 5.74) is 2.59. The van der Waals surface area contributed by atoms with Crippen LogP contribution in [-0.4, -0.2) is 43.4 Å². The number of rotatable bonds is 7. The molecule has 0 rings (SSSR count). The fourth-order valence-electron chi connectivity index (χ4n) is 2.21. The molecule has 0 spiro atoms. The summed E-state index contributed by atoms with van der Waals surface area (Å²) in [6, 6.07) is 0. The van der Waals surface area contributed by atoms with Gasteiger partial charge in [-0.15, -0.1) is 0 Å². The van der Waals surface area contributed by atoms with E-state index >= 15 is 0 Å². The van der Waals surface area contributed by atoms with E-state index in [0.717, 1.165) is 12.3 Å². The molecule has 0 aromatic heterocycles. The second-order valence-electron chi connectivity index (χ2n) is 4.16. The summed E-state index contributed by atoms with van der Waals surface area (Å²) in [5, 5.41) is 0. The number of nitrogens with zero attached hydrogens (tertiary/aromatic N) is 2. The zero-order valence-corrected chi connectivity index (χ0v) is 15.2. The van der Waals surface area contributed by atoms with Crippen LogP contribution < -0.4 is 0 Å². The summed E-state index contributed by atoms with van der Waals surface area (Å²) < 4.78 is 5.53. The molecule has 0 saturated carbocycles. The summed E-state index contributed by atoms with van der Waals surface area (Å²) in [6.45, 7) is 15.5. The molecule has 92 valence electrons. The third-order valence-electron chi connectivity index (χ3n) is 3.00. The molecule has 0 fully saturated rings. The van der Waals surface area contributed by atoms with E-state index in [9.17, 15) is 0 Å². The van der Waals surface area contributed by atoms with Crippen LogP contribution in [0.25, 0.3) is 0 Å². The van der Waals surface area contributed by atoms with Gasteiger partial charge in [-0.25, -0.2) is 0 Å². The molecule has 0 amide bonds. The standard InChI is InChI=1S/C9H17N2.2C2H5.In/c1-5-10-8(3)7-9(4)11-6-2;2*1-2;/h7H,5-6H2,1-4H3;2*1H2,2H3;/q-1;;;+1/b8-7-,11-9?;;;. The zero-order valence-electron chi connectivity index (χ0n) is 11.9. The third kappa shape index (κ3) is 5.42. The van der Waals surface area contributed by atoms with E-state index in [4.69, 9.17) is 0 Å². The molecule has 0 aliphatic carbocycles. The van der Waals surface area contributed by atoms with Gasteiger partial charge in [-0.3, -0.25) is 0 Å². The van der Waals surface area contributed by atoms with Gasteiger partial charge >= 0.3 is 110 Å². The van der Waals surface area contributed by atoms with E-state index in [2.05, 4.69) is 55.5 Å². The van der Waals surface area contributed by atoms with Crippen LogP contribution in [0.4, 0.5) is 0 Å². The summed E-state index contributed by atoms with van der Waals surface area (Å²) in [5.74, 6) is 0. The molecule has 16 heavy (non-hydrogen) atoms. The first-order chi connectivity index (χ1) is 7.60. The Balaban J connectivity index is 4.75. The van der Waals surface area contributed by atoms with Gasteiger partial charge < -0.3 is 0 Å². The summed E-state index contributed by atoms with van der Waals surface area (Å²) >= 11 is -1.45. The SMILES string of the molecule is CCN=C(C)/C=C(/C)[N](CC)[In]([CH2]C)[CH2]C. The topological polar surface area (TPSA) is 15.6 Å². The van der Waals surface area contributed by atoms with E-state index in [1.807, 2.05) is 0 Å². The third-order valence-corrected chi connectivity index (χ3v) is 13.1. The van der Waals surface area contributed by atoms with Crippen LogP contribution >= 0.6 is 0 Å². The van der Waals surface area contributed by atoms with Crippen molar-refractivity contribution in [3.05, 3.63) is 11.8 Å². The molecule has 0 aliphatic rings. The van der Waals surface area contributed by atoms with Crippen molar-refractivity contribution in [2.45, 2.75) is 49.9 Å².